The van der Waals surface area contributed by atoms with Gasteiger partial charge < -0.3 is 67.5 Å². The Kier molecular flexibility index (Phi) is 748. The standard InChI is InChI=1S/Mo.5S.Ti/q+6;5*-2;+4. The van der Waals surface area contributed by atoms with Gasteiger partial charge in [0.2, 0.25) is 0 Å². The zero-order chi connectivity index (χ0) is 0. The first-order valence-electron chi connectivity index (χ1n) is 0. The molecule has 0 bridgehead atoms. The van der Waals surface area contributed by atoms with Crippen LogP contribution >= 0.6 is 0 Å². The van der Waals surface area contributed by atoms with E-state index < -0.39 is 0 Å². The summed E-state index contributed by atoms with van der Waals surface area (Å²) in [5.74, 6) is 0. The molecule has 0 aromatic heterocycles. The van der Waals surface area contributed by atoms with E-state index in [1.54, 1.807) is 0 Å². The minimum atomic E-state index is 0. The fourth-order valence-electron chi connectivity index (χ4n) is 0. The second-order valence-corrected chi connectivity index (χ2v) is 0. The average Bonchev–Trinajstić information content (AvgIpc) is 0. The predicted octanol–water partition coefficient (Wildman–Crippen LogP) is -0.0170. The van der Waals surface area contributed by atoms with Crippen molar-refractivity contribution in [1.82, 2.24) is 0 Å². The molecule has 0 saturated carbocycles. The Morgan fingerprint density at radius 3 is 0.429 bits per heavy atom. The van der Waals surface area contributed by atoms with E-state index in [9.17, 15) is 0 Å². The molecular weight excluding hydrogens is 304 g/mol. The molecule has 0 fully saturated rings. The zero-order valence-electron chi connectivity index (χ0n) is 2.95. The van der Waals surface area contributed by atoms with Gasteiger partial charge in [-0.05, 0) is 0 Å². The van der Waals surface area contributed by atoms with Crippen LogP contribution in [0.3, 0.4) is 0 Å². The van der Waals surface area contributed by atoms with Crippen molar-refractivity contribution in [2.75, 3.05) is 0 Å². The SMILES string of the molecule is [Mo+6].[S-2].[S-2].[S-2].[S-2].[S-2].[Ti+4]. The van der Waals surface area contributed by atoms with Gasteiger partial charge in [-0.15, -0.1) is 0 Å². The molecule has 7 heteroatoms. The maximum atomic E-state index is 0. The first-order chi connectivity index (χ1) is 0. The van der Waals surface area contributed by atoms with Gasteiger partial charge in [0.05, 0.1) is 0 Å². The molecule has 0 unspecified atom stereocenters. The predicted molar refractivity (Wildman–Crippen MR) is 36.8 cm³/mol. The Labute approximate surface area is 109 Å². The summed E-state index contributed by atoms with van der Waals surface area (Å²) in [5.41, 5.74) is 0. The van der Waals surface area contributed by atoms with Gasteiger partial charge in [-0.25, -0.2) is 0 Å². The van der Waals surface area contributed by atoms with Crippen molar-refractivity contribution in [1.29, 1.82) is 0 Å². The summed E-state index contributed by atoms with van der Waals surface area (Å²) in [5, 5.41) is 0. The fraction of sp³-hybridized carbons (Fsp3) is 0. The van der Waals surface area contributed by atoms with E-state index in [1.165, 1.54) is 0 Å². The van der Waals surface area contributed by atoms with Crippen molar-refractivity contribution < 1.29 is 42.8 Å². The van der Waals surface area contributed by atoms with Crippen molar-refractivity contribution in [2.45, 2.75) is 0 Å². The number of rotatable bonds is 0. The van der Waals surface area contributed by atoms with Crippen LogP contribution in [-0.4, -0.2) is 0 Å². The van der Waals surface area contributed by atoms with Crippen molar-refractivity contribution >= 4 is 67.5 Å². The van der Waals surface area contributed by atoms with Crippen molar-refractivity contribution in [3.63, 3.8) is 0 Å². The molecule has 0 rings (SSSR count). The molecule has 0 aliphatic heterocycles. The molecule has 0 nitrogen and oxygen atoms in total. The summed E-state index contributed by atoms with van der Waals surface area (Å²) < 4.78 is 0. The van der Waals surface area contributed by atoms with E-state index in [2.05, 4.69) is 0 Å². The molecule has 0 heterocycles. The van der Waals surface area contributed by atoms with Gasteiger partial charge >= 0.3 is 42.8 Å². The van der Waals surface area contributed by atoms with Crippen LogP contribution in [0.1, 0.15) is 0 Å². The minimum absolute atomic E-state index is 0. The molecule has 0 amide bonds. The molecule has 40 valence electrons. The summed E-state index contributed by atoms with van der Waals surface area (Å²) in [6.07, 6.45) is 0. The van der Waals surface area contributed by atoms with Crippen LogP contribution in [0, 0.1) is 0 Å². The average molecular weight is 304 g/mol. The third kappa shape index (κ3) is 47.1. The maximum Gasteiger partial charge on any atom is 6.00 e. The summed E-state index contributed by atoms with van der Waals surface area (Å²) in [6.45, 7) is 0. The quantitative estimate of drug-likeness (QED) is 0.552. The van der Waals surface area contributed by atoms with Gasteiger partial charge in [-0.2, -0.15) is 0 Å². The van der Waals surface area contributed by atoms with Crippen LogP contribution in [0.25, 0.3) is 0 Å². The monoisotopic (exact) mass is 306 g/mol. The van der Waals surface area contributed by atoms with Crippen LogP contribution in [-0.2, 0) is 110 Å². The van der Waals surface area contributed by atoms with Crippen LogP contribution in [0.4, 0.5) is 0 Å². The first-order valence-corrected chi connectivity index (χ1v) is 0. The van der Waals surface area contributed by atoms with Gasteiger partial charge in [0.1, 0.15) is 0 Å². The third-order valence-corrected chi connectivity index (χ3v) is 0. The summed E-state index contributed by atoms with van der Waals surface area (Å²) in [6, 6.07) is 0. The van der Waals surface area contributed by atoms with Gasteiger partial charge in [-0.1, -0.05) is 0 Å². The Morgan fingerprint density at radius 1 is 0.429 bits per heavy atom. The summed E-state index contributed by atoms with van der Waals surface area (Å²) in [4.78, 5) is 0. The van der Waals surface area contributed by atoms with E-state index in [1.807, 2.05) is 0 Å². The molecule has 0 radical (unpaired) electrons. The van der Waals surface area contributed by atoms with E-state index in [0.29, 0.717) is 0 Å². The Hall–Kier alpha value is 3.15. The van der Waals surface area contributed by atoms with Gasteiger partial charge in [0.25, 0.3) is 0 Å². The Morgan fingerprint density at radius 2 is 0.429 bits per heavy atom. The van der Waals surface area contributed by atoms with Gasteiger partial charge in [0, 0.05) is 0 Å². The second kappa shape index (κ2) is 61.2. The molecule has 0 atom stereocenters. The molecular formula is MoS5Ti. The second-order valence-electron chi connectivity index (χ2n) is 0. The summed E-state index contributed by atoms with van der Waals surface area (Å²) >= 11 is 0. The molecule has 0 aromatic rings. The van der Waals surface area contributed by atoms with Crippen molar-refractivity contribution in [3.8, 4) is 0 Å². The van der Waals surface area contributed by atoms with E-state index in [-0.39, 0.29) is 110 Å². The number of hydrogen-bond donors (Lipinski definition) is 0. The third-order valence-electron chi connectivity index (χ3n) is 0. The normalized spacial score (nSPS) is 0. The van der Waals surface area contributed by atoms with E-state index in [0.717, 1.165) is 0 Å². The van der Waals surface area contributed by atoms with E-state index >= 15 is 0 Å². The molecule has 0 aromatic carbocycles. The van der Waals surface area contributed by atoms with Crippen LogP contribution in [0.5, 0.6) is 0 Å². The van der Waals surface area contributed by atoms with Crippen LogP contribution in [0.15, 0.2) is 0 Å². The van der Waals surface area contributed by atoms with Crippen molar-refractivity contribution in [2.24, 2.45) is 0 Å². The molecule has 0 aliphatic rings. The molecule has 0 aliphatic carbocycles. The van der Waals surface area contributed by atoms with Crippen molar-refractivity contribution in [3.05, 3.63) is 0 Å². The molecule has 0 N–H and O–H groups in total. The van der Waals surface area contributed by atoms with Crippen LogP contribution in [0.2, 0.25) is 0 Å². The largest absolute Gasteiger partial charge is 6.00 e. The van der Waals surface area contributed by atoms with Gasteiger partial charge in [-0.3, -0.25) is 0 Å². The molecule has 0 saturated heterocycles. The van der Waals surface area contributed by atoms with Gasteiger partial charge in [0.15, 0.2) is 0 Å². The Balaban J connectivity index is 0. The summed E-state index contributed by atoms with van der Waals surface area (Å²) in [7, 11) is 0. The fourth-order valence-corrected chi connectivity index (χ4v) is 0. The number of hydrogen-bond acceptors (Lipinski definition) is 0. The van der Waals surface area contributed by atoms with E-state index in [4.69, 9.17) is 0 Å². The minimum Gasteiger partial charge on any atom is -2.00 e. The van der Waals surface area contributed by atoms with Crippen LogP contribution < -0.4 is 0 Å². The zero-order valence-corrected chi connectivity index (χ0v) is 10.6. The maximum absolute atomic E-state index is 0. The molecule has 0 spiro atoms. The topological polar surface area (TPSA) is 0 Å². The molecule has 7 heavy (non-hydrogen) atoms. The smallest absolute Gasteiger partial charge is 2.00 e. The Bertz CT molecular complexity index is 8.04. The first kappa shape index (κ1) is 85.6.